The lowest BCUT2D eigenvalue weighted by molar-refractivity contribution is 0.103. The van der Waals surface area contributed by atoms with Gasteiger partial charge < -0.3 is 14.0 Å². The second-order valence-corrected chi connectivity index (χ2v) is 10.3. The van der Waals surface area contributed by atoms with E-state index in [0.29, 0.717) is 29.9 Å². The lowest BCUT2D eigenvalue weighted by atomic mass is 10.0. The molecule has 0 fully saturated rings. The summed E-state index contributed by atoms with van der Waals surface area (Å²) in [4.78, 5) is 27.4. The van der Waals surface area contributed by atoms with Gasteiger partial charge in [-0.2, -0.15) is 0 Å². The highest BCUT2D eigenvalue weighted by atomic mass is 31.2. The van der Waals surface area contributed by atoms with E-state index in [1.807, 2.05) is 19.9 Å². The quantitative estimate of drug-likeness (QED) is 0.426. The van der Waals surface area contributed by atoms with Gasteiger partial charge in [0.1, 0.15) is 17.1 Å². The minimum absolute atomic E-state index is 0.00946. The van der Waals surface area contributed by atoms with Crippen LogP contribution in [0.3, 0.4) is 0 Å². The average Bonchev–Trinajstić information content (AvgIpc) is 2.67. The maximum Gasteiger partial charge on any atom is 0.236 e. The van der Waals surface area contributed by atoms with Crippen LogP contribution in [0.1, 0.15) is 59.5 Å². The smallest absolute Gasteiger partial charge is 0.236 e. The zero-order valence-electron chi connectivity index (χ0n) is 18.7. The van der Waals surface area contributed by atoms with Gasteiger partial charge in [0, 0.05) is 11.7 Å². The average molecular weight is 430 g/mol. The van der Waals surface area contributed by atoms with Gasteiger partial charge in [-0.3, -0.25) is 9.59 Å². The van der Waals surface area contributed by atoms with E-state index in [2.05, 4.69) is 0 Å². The normalized spacial score (nSPS) is 13.0. The highest BCUT2D eigenvalue weighted by Gasteiger charge is 2.44. The largest absolute Gasteiger partial charge is 0.493 e. The zero-order valence-corrected chi connectivity index (χ0v) is 19.5. The van der Waals surface area contributed by atoms with Crippen LogP contribution in [0.5, 0.6) is 11.5 Å². The molecule has 2 aromatic carbocycles. The first-order valence-electron chi connectivity index (χ1n) is 10.3. The van der Waals surface area contributed by atoms with Crippen molar-refractivity contribution in [2.24, 2.45) is 5.92 Å². The highest BCUT2D eigenvalue weighted by molar-refractivity contribution is 7.95. The van der Waals surface area contributed by atoms with Gasteiger partial charge >= 0.3 is 0 Å². The minimum Gasteiger partial charge on any atom is -0.493 e. The van der Waals surface area contributed by atoms with E-state index in [1.165, 1.54) is 0 Å². The Morgan fingerprint density at radius 3 is 1.70 bits per heavy atom. The molecular weight excluding hydrogens is 399 g/mol. The summed E-state index contributed by atoms with van der Waals surface area (Å²) in [6.45, 7) is 11.6. The van der Waals surface area contributed by atoms with Gasteiger partial charge in [-0.15, -0.1) is 0 Å². The number of hydrogen-bond donors (Lipinski definition) is 0. The Morgan fingerprint density at radius 2 is 1.27 bits per heavy atom. The SMILES string of the molecule is CCOc1cccc(OCC)c1C(=O)P(=O)(CC(C)C)C(=O)c1c(C)cccc1C. The van der Waals surface area contributed by atoms with Gasteiger partial charge in [-0.05, 0) is 56.9 Å². The molecule has 0 radical (unpaired) electrons. The van der Waals surface area contributed by atoms with Crippen LogP contribution >= 0.6 is 7.14 Å². The van der Waals surface area contributed by atoms with Crippen LogP contribution in [-0.4, -0.2) is 30.4 Å². The lowest BCUT2D eigenvalue weighted by Gasteiger charge is -2.22. The second-order valence-electron chi connectivity index (χ2n) is 7.69. The predicted octanol–water partition coefficient (Wildman–Crippen LogP) is 6.10. The summed E-state index contributed by atoms with van der Waals surface area (Å²) in [6, 6.07) is 10.4. The van der Waals surface area contributed by atoms with Crippen molar-refractivity contribution in [2.45, 2.75) is 41.5 Å². The fourth-order valence-corrected chi connectivity index (χ4v) is 6.40. The van der Waals surface area contributed by atoms with E-state index in [1.54, 1.807) is 58.0 Å². The third-order valence-electron chi connectivity index (χ3n) is 4.77. The topological polar surface area (TPSA) is 69.7 Å². The van der Waals surface area contributed by atoms with Gasteiger partial charge in [0.25, 0.3) is 0 Å². The maximum absolute atomic E-state index is 14.2. The number of rotatable bonds is 10. The zero-order chi connectivity index (χ0) is 22.5. The first-order chi connectivity index (χ1) is 14.2. The molecule has 6 heteroatoms. The first kappa shape index (κ1) is 23.9. The number of ether oxygens (including phenoxy) is 2. The van der Waals surface area contributed by atoms with Crippen molar-refractivity contribution < 1.29 is 23.6 Å². The van der Waals surface area contributed by atoms with Crippen LogP contribution in [0.2, 0.25) is 0 Å². The number of carbonyl (C=O) groups excluding carboxylic acids is 2. The minimum atomic E-state index is -3.99. The molecule has 0 amide bonds. The van der Waals surface area contributed by atoms with E-state index in [-0.39, 0.29) is 29.1 Å². The Morgan fingerprint density at radius 1 is 0.833 bits per heavy atom. The molecule has 5 nitrogen and oxygen atoms in total. The summed E-state index contributed by atoms with van der Waals surface area (Å²) in [7, 11) is -3.99. The number of carbonyl (C=O) groups is 2. The van der Waals surface area contributed by atoms with Gasteiger partial charge in [0.05, 0.1) is 13.2 Å². The number of benzene rings is 2. The summed E-state index contributed by atoms with van der Waals surface area (Å²) in [6.07, 6.45) is -0.00946. The lowest BCUT2D eigenvalue weighted by Crippen LogP contribution is -2.19. The van der Waals surface area contributed by atoms with Crippen LogP contribution in [0.15, 0.2) is 36.4 Å². The van der Waals surface area contributed by atoms with E-state index in [0.717, 1.165) is 0 Å². The molecule has 0 N–H and O–H groups in total. The molecule has 0 aliphatic heterocycles. The van der Waals surface area contributed by atoms with Crippen LogP contribution in [0.25, 0.3) is 0 Å². The second kappa shape index (κ2) is 10.1. The fraction of sp³-hybridized carbons (Fsp3) is 0.417. The first-order valence-corrected chi connectivity index (χ1v) is 12.2. The third kappa shape index (κ3) is 4.84. The van der Waals surface area contributed by atoms with Gasteiger partial charge in [-0.25, -0.2) is 0 Å². The van der Waals surface area contributed by atoms with Crippen LogP contribution in [-0.2, 0) is 4.57 Å². The molecule has 162 valence electrons. The molecule has 30 heavy (non-hydrogen) atoms. The van der Waals surface area contributed by atoms with E-state index < -0.39 is 18.2 Å². The van der Waals surface area contributed by atoms with Gasteiger partial charge in [0.15, 0.2) is 0 Å². The molecule has 1 atom stereocenters. The molecule has 0 aliphatic rings. The highest BCUT2D eigenvalue weighted by Crippen LogP contribution is 2.56. The summed E-state index contributed by atoms with van der Waals surface area (Å²) in [5, 5.41) is 0. The Hall–Kier alpha value is -2.39. The Balaban J connectivity index is 2.72. The molecule has 0 saturated heterocycles. The van der Waals surface area contributed by atoms with Gasteiger partial charge in [0.2, 0.25) is 18.2 Å². The molecule has 0 aromatic heterocycles. The molecule has 2 rings (SSSR count). The Labute approximate surface area is 179 Å². The molecule has 0 spiro atoms. The third-order valence-corrected chi connectivity index (χ3v) is 7.78. The maximum atomic E-state index is 14.2. The summed E-state index contributed by atoms with van der Waals surface area (Å²) in [5.74, 6) is 0.460. The summed E-state index contributed by atoms with van der Waals surface area (Å²) < 4.78 is 25.5. The summed E-state index contributed by atoms with van der Waals surface area (Å²) >= 11 is 0. The molecule has 0 bridgehead atoms. The molecule has 2 aromatic rings. The van der Waals surface area contributed by atoms with Crippen molar-refractivity contribution in [3.05, 3.63) is 58.7 Å². The van der Waals surface area contributed by atoms with Crippen molar-refractivity contribution in [3.8, 4) is 11.5 Å². The van der Waals surface area contributed by atoms with Crippen molar-refractivity contribution in [1.29, 1.82) is 0 Å². The van der Waals surface area contributed by atoms with Crippen LogP contribution in [0.4, 0.5) is 0 Å². The standard InChI is InChI=1S/C24H31O5P/c1-7-28-19-13-10-14-20(29-8-2)22(19)24(26)30(27,15-16(3)4)23(25)21-17(5)11-9-12-18(21)6/h9-14,16H,7-8,15H2,1-6H3. The summed E-state index contributed by atoms with van der Waals surface area (Å²) in [5.41, 5.74) is 0.577. The molecule has 0 heterocycles. The molecular formula is C24H31O5P. The monoisotopic (exact) mass is 430 g/mol. The van der Waals surface area contributed by atoms with E-state index >= 15 is 0 Å². The van der Waals surface area contributed by atoms with Crippen molar-refractivity contribution >= 4 is 18.2 Å². The van der Waals surface area contributed by atoms with Crippen LogP contribution in [0, 0.1) is 19.8 Å². The molecule has 0 saturated carbocycles. The number of aryl methyl sites for hydroxylation is 2. The van der Waals surface area contributed by atoms with E-state index in [9.17, 15) is 14.2 Å². The van der Waals surface area contributed by atoms with Crippen molar-refractivity contribution in [1.82, 2.24) is 0 Å². The van der Waals surface area contributed by atoms with Gasteiger partial charge in [-0.1, -0.05) is 38.1 Å². The van der Waals surface area contributed by atoms with Crippen molar-refractivity contribution in [3.63, 3.8) is 0 Å². The van der Waals surface area contributed by atoms with Crippen LogP contribution < -0.4 is 9.47 Å². The van der Waals surface area contributed by atoms with Crippen molar-refractivity contribution in [2.75, 3.05) is 19.4 Å². The molecule has 1 unspecified atom stereocenters. The Kier molecular flexibility index (Phi) is 8.03. The number of hydrogen-bond acceptors (Lipinski definition) is 5. The van der Waals surface area contributed by atoms with E-state index in [4.69, 9.17) is 9.47 Å². The predicted molar refractivity (Wildman–Crippen MR) is 121 cm³/mol. The molecule has 0 aliphatic carbocycles. The Bertz CT molecular complexity index is 933. The fourth-order valence-electron chi connectivity index (χ4n) is 3.56.